The molecule has 1 fully saturated rings. The van der Waals surface area contributed by atoms with Crippen LogP contribution in [0.5, 0.6) is 11.5 Å². The van der Waals surface area contributed by atoms with Crippen LogP contribution in [-0.2, 0) is 9.53 Å². The number of morpholine rings is 1. The Labute approximate surface area is 215 Å². The Kier molecular flexibility index (Phi) is 7.65. The fraction of sp³-hybridized carbons (Fsp3) is 0.357. The summed E-state index contributed by atoms with van der Waals surface area (Å²) in [4.78, 5) is 22.5. The number of benzene rings is 3. The fourth-order valence-electron chi connectivity index (χ4n) is 4.46. The van der Waals surface area contributed by atoms with Crippen molar-refractivity contribution in [2.24, 2.45) is 0 Å². The van der Waals surface area contributed by atoms with Crippen LogP contribution in [0.3, 0.4) is 0 Å². The number of aromatic nitrogens is 1. The third kappa shape index (κ3) is 5.46. The minimum atomic E-state index is -0.110. The first kappa shape index (κ1) is 24.5. The average Bonchev–Trinajstić information content (AvgIpc) is 3.36. The van der Waals surface area contributed by atoms with Crippen molar-refractivity contribution < 1.29 is 19.0 Å². The van der Waals surface area contributed by atoms with Crippen molar-refractivity contribution in [3.05, 3.63) is 60.2 Å². The van der Waals surface area contributed by atoms with Crippen LogP contribution in [0.4, 0.5) is 5.13 Å². The molecule has 1 amide bonds. The lowest BCUT2D eigenvalue weighted by Gasteiger charge is -2.27. The van der Waals surface area contributed by atoms with Crippen LogP contribution >= 0.6 is 11.3 Å². The van der Waals surface area contributed by atoms with Gasteiger partial charge >= 0.3 is 0 Å². The van der Waals surface area contributed by atoms with Gasteiger partial charge in [0.1, 0.15) is 17.0 Å². The summed E-state index contributed by atoms with van der Waals surface area (Å²) < 4.78 is 18.0. The van der Waals surface area contributed by atoms with Crippen LogP contribution in [0.2, 0.25) is 0 Å². The molecule has 7 nitrogen and oxygen atoms in total. The Bertz CT molecular complexity index is 1350. The fourth-order valence-corrected chi connectivity index (χ4v) is 5.56. The summed E-state index contributed by atoms with van der Waals surface area (Å²) in [6.45, 7) is 6.86. The molecule has 0 unspecified atom stereocenters. The third-order valence-corrected chi connectivity index (χ3v) is 7.70. The predicted molar refractivity (Wildman–Crippen MR) is 145 cm³/mol. The summed E-state index contributed by atoms with van der Waals surface area (Å²) in [5.74, 6) is 1.28. The highest BCUT2D eigenvalue weighted by Gasteiger charge is 2.23. The Morgan fingerprint density at radius 1 is 1.11 bits per heavy atom. The van der Waals surface area contributed by atoms with Crippen LogP contribution < -0.4 is 14.4 Å². The molecule has 0 bridgehead atoms. The van der Waals surface area contributed by atoms with Gasteiger partial charge in [0.15, 0.2) is 11.7 Å². The Morgan fingerprint density at radius 3 is 2.72 bits per heavy atom. The number of ether oxygens (including phenoxy) is 3. The van der Waals surface area contributed by atoms with Gasteiger partial charge in [-0.25, -0.2) is 4.98 Å². The van der Waals surface area contributed by atoms with Gasteiger partial charge in [0.05, 0.1) is 25.0 Å². The topological polar surface area (TPSA) is 64.1 Å². The number of methoxy groups -OCH3 is 1. The van der Waals surface area contributed by atoms with E-state index in [0.717, 1.165) is 65.8 Å². The zero-order valence-electron chi connectivity index (χ0n) is 20.7. The van der Waals surface area contributed by atoms with Gasteiger partial charge in [0, 0.05) is 26.2 Å². The molecule has 0 saturated carbocycles. The van der Waals surface area contributed by atoms with Crippen molar-refractivity contribution in [1.82, 2.24) is 9.88 Å². The van der Waals surface area contributed by atoms with Crippen LogP contribution in [0, 0.1) is 6.92 Å². The normalized spacial score (nSPS) is 14.3. The number of carbonyl (C=O) groups is 1. The molecule has 4 aromatic rings. The first-order valence-electron chi connectivity index (χ1n) is 12.3. The molecule has 8 heteroatoms. The second-order valence-corrected chi connectivity index (χ2v) is 9.89. The number of hydrogen-bond donors (Lipinski definition) is 0. The van der Waals surface area contributed by atoms with Crippen molar-refractivity contribution in [2.45, 2.75) is 13.3 Å². The summed E-state index contributed by atoms with van der Waals surface area (Å²) in [7, 11) is 1.64. The van der Waals surface area contributed by atoms with E-state index < -0.39 is 0 Å². The molecule has 36 heavy (non-hydrogen) atoms. The zero-order chi connectivity index (χ0) is 24.9. The minimum absolute atomic E-state index is 0.0536. The molecule has 2 heterocycles. The molecular weight excluding hydrogens is 474 g/mol. The lowest BCUT2D eigenvalue weighted by molar-refractivity contribution is -0.120. The highest BCUT2D eigenvalue weighted by molar-refractivity contribution is 7.22. The Balaban J connectivity index is 1.35. The van der Waals surface area contributed by atoms with E-state index in [9.17, 15) is 4.79 Å². The maximum Gasteiger partial charge on any atom is 0.266 e. The van der Waals surface area contributed by atoms with Gasteiger partial charge in [-0.15, -0.1) is 0 Å². The van der Waals surface area contributed by atoms with Crippen LogP contribution in [0.1, 0.15) is 12.0 Å². The van der Waals surface area contributed by atoms with Gasteiger partial charge in [-0.05, 0) is 47.9 Å². The molecule has 0 spiro atoms. The number of rotatable bonds is 9. The number of amides is 1. The molecule has 3 aromatic carbocycles. The van der Waals surface area contributed by atoms with E-state index in [-0.39, 0.29) is 12.5 Å². The van der Waals surface area contributed by atoms with E-state index >= 15 is 0 Å². The summed E-state index contributed by atoms with van der Waals surface area (Å²) in [6.07, 6.45) is 0.841. The maximum absolute atomic E-state index is 13.5. The molecule has 0 radical (unpaired) electrons. The minimum Gasteiger partial charge on any atom is -0.494 e. The van der Waals surface area contributed by atoms with Crippen LogP contribution in [-0.4, -0.2) is 68.9 Å². The molecule has 0 aliphatic carbocycles. The number of thiazole rings is 1. The van der Waals surface area contributed by atoms with Gasteiger partial charge in [0.25, 0.3) is 5.91 Å². The van der Waals surface area contributed by atoms with Crippen LogP contribution in [0.15, 0.2) is 54.6 Å². The number of carbonyl (C=O) groups excluding carboxylic acids is 1. The lowest BCUT2D eigenvalue weighted by atomic mass is 10.1. The molecule has 0 atom stereocenters. The quantitative estimate of drug-likeness (QED) is 0.322. The highest BCUT2D eigenvalue weighted by atomic mass is 32.1. The first-order chi connectivity index (χ1) is 17.6. The summed E-state index contributed by atoms with van der Waals surface area (Å²) in [5, 5.41) is 2.89. The lowest BCUT2D eigenvalue weighted by Crippen LogP contribution is -2.40. The van der Waals surface area contributed by atoms with E-state index in [1.54, 1.807) is 12.0 Å². The average molecular weight is 506 g/mol. The Hall–Kier alpha value is -3.20. The highest BCUT2D eigenvalue weighted by Crippen LogP contribution is 2.36. The van der Waals surface area contributed by atoms with E-state index in [4.69, 9.17) is 19.2 Å². The molecule has 1 aliphatic heterocycles. The SMILES string of the molecule is COc1ccc(C)c2sc(N(CCCN3CCOCC3)C(=O)COc3ccc4ccccc4c3)nc12. The summed E-state index contributed by atoms with van der Waals surface area (Å²) in [6, 6.07) is 17.9. The predicted octanol–water partition coefficient (Wildman–Crippen LogP) is 4.90. The summed E-state index contributed by atoms with van der Waals surface area (Å²) >= 11 is 1.52. The maximum atomic E-state index is 13.5. The van der Waals surface area contributed by atoms with Crippen molar-refractivity contribution in [1.29, 1.82) is 0 Å². The second-order valence-electron chi connectivity index (χ2n) is 8.91. The van der Waals surface area contributed by atoms with E-state index in [1.165, 1.54) is 11.3 Å². The number of fused-ring (bicyclic) bond motifs is 2. The van der Waals surface area contributed by atoms with Gasteiger partial charge in [-0.2, -0.15) is 0 Å². The Morgan fingerprint density at radius 2 is 1.92 bits per heavy atom. The standard InChI is InChI=1S/C28H31N3O4S/c1-20-8-11-24(33-2)26-27(20)36-28(29-26)31(13-5-12-30-14-16-34-17-15-30)25(32)19-35-23-10-9-21-6-3-4-7-22(21)18-23/h3-4,6-11,18H,5,12-17,19H2,1-2H3. The van der Waals surface area contributed by atoms with E-state index in [0.29, 0.717) is 23.2 Å². The monoisotopic (exact) mass is 505 g/mol. The molecule has 1 saturated heterocycles. The third-order valence-electron chi connectivity index (χ3n) is 6.49. The molecule has 5 rings (SSSR count). The number of hydrogen-bond acceptors (Lipinski definition) is 7. The van der Waals surface area contributed by atoms with Crippen molar-refractivity contribution in [3.8, 4) is 11.5 Å². The van der Waals surface area contributed by atoms with Crippen molar-refractivity contribution >= 4 is 43.4 Å². The summed E-state index contributed by atoms with van der Waals surface area (Å²) in [5.41, 5.74) is 1.90. The van der Waals surface area contributed by atoms with Gasteiger partial charge in [-0.1, -0.05) is 47.7 Å². The van der Waals surface area contributed by atoms with Crippen LogP contribution in [0.25, 0.3) is 21.0 Å². The number of anilines is 1. The zero-order valence-corrected chi connectivity index (χ0v) is 21.6. The number of nitrogens with zero attached hydrogens (tertiary/aromatic N) is 3. The second kappa shape index (κ2) is 11.2. The molecule has 1 aromatic heterocycles. The van der Waals surface area contributed by atoms with Gasteiger partial charge in [-0.3, -0.25) is 14.6 Å². The molecule has 188 valence electrons. The molecular formula is C28H31N3O4S. The largest absolute Gasteiger partial charge is 0.494 e. The van der Waals surface area contributed by atoms with Gasteiger partial charge < -0.3 is 14.2 Å². The smallest absolute Gasteiger partial charge is 0.266 e. The van der Waals surface area contributed by atoms with E-state index in [1.807, 2.05) is 48.5 Å². The van der Waals surface area contributed by atoms with Crippen molar-refractivity contribution in [2.75, 3.05) is 58.0 Å². The molecule has 1 aliphatic rings. The van der Waals surface area contributed by atoms with Gasteiger partial charge in [0.2, 0.25) is 0 Å². The van der Waals surface area contributed by atoms with Crippen molar-refractivity contribution in [3.63, 3.8) is 0 Å². The van der Waals surface area contributed by atoms with E-state index in [2.05, 4.69) is 17.9 Å². The first-order valence-corrected chi connectivity index (χ1v) is 13.1. The molecule has 0 N–H and O–H groups in total. The number of aryl methyl sites for hydroxylation is 1.